The van der Waals surface area contributed by atoms with Gasteiger partial charge in [-0.25, -0.2) is 0 Å². The maximum Gasteiger partial charge on any atom is 0.179 e. The predicted molar refractivity (Wildman–Crippen MR) is 270 cm³/mol. The van der Waals surface area contributed by atoms with Crippen LogP contribution in [0.1, 0.15) is 43.6 Å². The summed E-state index contributed by atoms with van der Waals surface area (Å²) in [6, 6.07) is 84.4. The van der Waals surface area contributed by atoms with E-state index in [2.05, 4.69) is 234 Å². The first-order valence-corrected chi connectivity index (χ1v) is 24.7. The molecule has 2 aromatic heterocycles. The number of hydrogen-bond donors (Lipinski definition) is 0. The van der Waals surface area contributed by atoms with Crippen molar-refractivity contribution in [2.45, 2.75) is 38.0 Å². The molecular formula is C60H48N2Si. The smallest absolute Gasteiger partial charge is 0.179 e. The molecule has 3 heteroatoms. The van der Waals surface area contributed by atoms with Gasteiger partial charge in [-0.15, -0.1) is 0 Å². The van der Waals surface area contributed by atoms with Crippen LogP contribution in [0.25, 0.3) is 66.1 Å². The van der Waals surface area contributed by atoms with Crippen molar-refractivity contribution in [3.05, 3.63) is 230 Å². The van der Waals surface area contributed by atoms with E-state index in [-0.39, 0.29) is 0 Å². The van der Waals surface area contributed by atoms with E-state index >= 15 is 0 Å². The monoisotopic (exact) mass is 824 g/mol. The molecule has 0 radical (unpaired) electrons. The predicted octanol–water partition coefficient (Wildman–Crippen LogP) is 13.0. The van der Waals surface area contributed by atoms with Crippen LogP contribution in [0.15, 0.2) is 224 Å². The molecule has 0 spiro atoms. The molecule has 1 aliphatic rings. The first-order valence-electron chi connectivity index (χ1n) is 22.7. The lowest BCUT2D eigenvalue weighted by molar-refractivity contribution is 0.444. The van der Waals surface area contributed by atoms with Crippen LogP contribution in [0.5, 0.6) is 0 Å². The van der Waals surface area contributed by atoms with Crippen molar-refractivity contribution in [3.8, 4) is 22.5 Å². The number of fused-ring (bicyclic) bond motifs is 6. The van der Waals surface area contributed by atoms with Gasteiger partial charge in [0.05, 0.1) is 27.8 Å². The summed E-state index contributed by atoms with van der Waals surface area (Å²) in [5, 5.41) is 10.7. The molecule has 1 aliphatic carbocycles. The lowest BCUT2D eigenvalue weighted by Gasteiger charge is -2.34. The fourth-order valence-electron chi connectivity index (χ4n) is 11.2. The van der Waals surface area contributed by atoms with Gasteiger partial charge in [-0.05, 0) is 99.2 Å². The van der Waals surface area contributed by atoms with Crippen molar-refractivity contribution < 1.29 is 0 Å². The number of aromatic nitrogens is 2. The summed E-state index contributed by atoms with van der Waals surface area (Å²) in [5.41, 5.74) is 11.2. The summed E-state index contributed by atoms with van der Waals surface area (Å²) in [7, 11) is -2.73. The van der Waals surface area contributed by atoms with Crippen LogP contribution in [0.2, 0.25) is 0 Å². The zero-order valence-electron chi connectivity index (χ0n) is 35.4. The summed E-state index contributed by atoms with van der Waals surface area (Å²) in [6.45, 7) is 0. The van der Waals surface area contributed by atoms with Gasteiger partial charge in [0.1, 0.15) is 0 Å². The Labute approximate surface area is 370 Å². The lowest BCUT2D eigenvalue weighted by Crippen LogP contribution is -2.74. The Morgan fingerprint density at radius 1 is 0.349 bits per heavy atom. The van der Waals surface area contributed by atoms with Crippen molar-refractivity contribution in [2.75, 3.05) is 0 Å². The van der Waals surface area contributed by atoms with E-state index < -0.39 is 8.07 Å². The van der Waals surface area contributed by atoms with Gasteiger partial charge < -0.3 is 9.13 Å². The van der Waals surface area contributed by atoms with Gasteiger partial charge in [-0.2, -0.15) is 0 Å². The summed E-state index contributed by atoms with van der Waals surface area (Å²) in [4.78, 5) is 0. The third kappa shape index (κ3) is 6.13. The molecule has 0 N–H and O–H groups in total. The maximum absolute atomic E-state index is 2.73. The van der Waals surface area contributed by atoms with Gasteiger partial charge in [0.15, 0.2) is 8.07 Å². The molecule has 11 aromatic rings. The fraction of sp³-hybridized carbons (Fsp3) is 0.100. The number of para-hydroxylation sites is 3. The van der Waals surface area contributed by atoms with Crippen molar-refractivity contribution in [2.24, 2.45) is 0 Å². The third-order valence-electron chi connectivity index (χ3n) is 14.1. The van der Waals surface area contributed by atoms with Gasteiger partial charge in [-0.1, -0.05) is 195 Å². The molecule has 0 unspecified atom stereocenters. The average Bonchev–Trinajstić information content (AvgIpc) is 3.88. The molecule has 2 heterocycles. The summed E-state index contributed by atoms with van der Waals surface area (Å²) < 4.78 is 4.98. The van der Waals surface area contributed by atoms with Gasteiger partial charge >= 0.3 is 0 Å². The largest absolute Gasteiger partial charge is 0.309 e. The minimum atomic E-state index is -2.73. The second-order valence-corrected chi connectivity index (χ2v) is 21.3. The molecule has 0 saturated heterocycles. The summed E-state index contributed by atoms with van der Waals surface area (Å²) in [5.74, 6) is 0.666. The van der Waals surface area contributed by atoms with Crippen molar-refractivity contribution in [3.63, 3.8) is 0 Å². The van der Waals surface area contributed by atoms with Crippen LogP contribution in [-0.2, 0) is 0 Å². The van der Waals surface area contributed by atoms with Gasteiger partial charge in [0, 0.05) is 32.8 Å². The van der Waals surface area contributed by atoms with Crippen molar-refractivity contribution in [1.82, 2.24) is 9.13 Å². The normalized spacial score (nSPS) is 13.7. The zero-order valence-corrected chi connectivity index (χ0v) is 36.4. The molecule has 0 bridgehead atoms. The van der Waals surface area contributed by atoms with Gasteiger partial charge in [0.25, 0.3) is 0 Å². The molecule has 0 aliphatic heterocycles. The van der Waals surface area contributed by atoms with Crippen LogP contribution in [0, 0.1) is 0 Å². The van der Waals surface area contributed by atoms with E-state index in [1.807, 2.05) is 0 Å². The topological polar surface area (TPSA) is 9.86 Å². The molecule has 63 heavy (non-hydrogen) atoms. The average molecular weight is 825 g/mol. The lowest BCUT2D eigenvalue weighted by atomic mass is 9.84. The fourth-order valence-corrected chi connectivity index (χ4v) is 16.0. The Kier molecular flexibility index (Phi) is 9.30. The van der Waals surface area contributed by atoms with Crippen LogP contribution in [-0.4, -0.2) is 17.2 Å². The van der Waals surface area contributed by atoms with Crippen LogP contribution >= 0.6 is 0 Å². The van der Waals surface area contributed by atoms with E-state index in [1.54, 1.807) is 0 Å². The minimum absolute atomic E-state index is 0.666. The second-order valence-electron chi connectivity index (χ2n) is 17.5. The van der Waals surface area contributed by atoms with E-state index in [4.69, 9.17) is 0 Å². The molecule has 9 aromatic carbocycles. The summed E-state index contributed by atoms with van der Waals surface area (Å²) >= 11 is 0. The molecule has 1 fully saturated rings. The quantitative estimate of drug-likeness (QED) is 0.107. The first-order chi connectivity index (χ1) is 31.3. The SMILES string of the molecule is c1ccc([Si](c2ccccc2)(c2ccccc2)c2cccc(-c3ccccc3-n3c4ccccc4c4cc(-n5c6ccccc6c6cc(C7CCCCC7)ccc65)ccc43)c2)cc1. The van der Waals surface area contributed by atoms with E-state index in [1.165, 1.54) is 125 Å². The molecule has 0 amide bonds. The second kappa shape index (κ2) is 15.6. The van der Waals surface area contributed by atoms with Crippen molar-refractivity contribution in [1.29, 1.82) is 0 Å². The number of benzene rings is 9. The standard InChI is InChI=1S/C60H48N2Si/c1-5-20-43(21-6-1)44-36-38-59-54(41-44)52-31-14-17-34-57(52)61(59)46-37-39-60-55(42-46)53-32-15-18-35-58(53)62(60)56-33-16-13-30-51(56)45-22-19-29-50(40-45)63(47-23-7-2-8-24-47,48-25-9-3-10-26-48)49-27-11-4-12-28-49/h2-4,7-19,22-43H,1,5-6,20-21H2. The highest BCUT2D eigenvalue weighted by atomic mass is 28.3. The van der Waals surface area contributed by atoms with Gasteiger partial charge in [-0.3, -0.25) is 0 Å². The highest BCUT2D eigenvalue weighted by Crippen LogP contribution is 2.41. The first kappa shape index (κ1) is 37.5. The van der Waals surface area contributed by atoms with Gasteiger partial charge in [0.2, 0.25) is 0 Å². The highest BCUT2D eigenvalue weighted by molar-refractivity contribution is 7.19. The Balaban J connectivity index is 1.04. The molecular weight excluding hydrogens is 777 g/mol. The van der Waals surface area contributed by atoms with Crippen LogP contribution in [0.3, 0.4) is 0 Å². The van der Waals surface area contributed by atoms with E-state index in [9.17, 15) is 0 Å². The Hall–Kier alpha value is -7.20. The number of hydrogen-bond acceptors (Lipinski definition) is 0. The molecule has 2 nitrogen and oxygen atoms in total. The van der Waals surface area contributed by atoms with Crippen LogP contribution in [0.4, 0.5) is 0 Å². The minimum Gasteiger partial charge on any atom is -0.309 e. The van der Waals surface area contributed by atoms with E-state index in [0.29, 0.717) is 5.92 Å². The van der Waals surface area contributed by atoms with Crippen molar-refractivity contribution >= 4 is 72.4 Å². The Morgan fingerprint density at radius 3 is 1.52 bits per heavy atom. The zero-order chi connectivity index (χ0) is 41.7. The van der Waals surface area contributed by atoms with E-state index in [0.717, 1.165) is 0 Å². The summed E-state index contributed by atoms with van der Waals surface area (Å²) in [6.07, 6.45) is 6.66. The highest BCUT2D eigenvalue weighted by Gasteiger charge is 2.41. The maximum atomic E-state index is 2.51. The molecule has 302 valence electrons. The molecule has 0 atom stereocenters. The Bertz CT molecular complexity index is 3330. The van der Waals surface area contributed by atoms with Crippen LogP contribution < -0.4 is 20.7 Å². The molecule has 12 rings (SSSR count). The third-order valence-corrected chi connectivity index (χ3v) is 18.8. The Morgan fingerprint density at radius 2 is 0.857 bits per heavy atom. The molecule has 1 saturated carbocycles. The number of rotatable bonds is 8. The number of nitrogens with zero attached hydrogens (tertiary/aromatic N) is 2.